The summed E-state index contributed by atoms with van der Waals surface area (Å²) in [5.74, 6) is 3.01. The first-order valence-corrected chi connectivity index (χ1v) is 16.8. The number of carbonyl (C=O) groups is 2. The molecule has 43 heavy (non-hydrogen) atoms. The van der Waals surface area contributed by atoms with Crippen molar-refractivity contribution < 1.29 is 28.5 Å². The molecule has 0 N–H and O–H groups in total. The quantitative estimate of drug-likeness (QED) is 0.123. The summed E-state index contributed by atoms with van der Waals surface area (Å²) in [4.78, 5) is 24.8. The largest absolute Gasteiger partial charge is 0.487 e. The van der Waals surface area contributed by atoms with E-state index in [4.69, 9.17) is 18.9 Å². The normalized spacial score (nSPS) is 19.3. The van der Waals surface area contributed by atoms with Gasteiger partial charge in [0.2, 0.25) is 0 Å². The minimum absolute atomic E-state index is 0.0821. The van der Waals surface area contributed by atoms with Crippen LogP contribution in [0.25, 0.3) is 0 Å². The van der Waals surface area contributed by atoms with Gasteiger partial charge in [0.1, 0.15) is 29.1 Å². The summed E-state index contributed by atoms with van der Waals surface area (Å²) in [6, 6.07) is 0. The van der Waals surface area contributed by atoms with Crippen LogP contribution < -0.4 is 9.47 Å². The van der Waals surface area contributed by atoms with Gasteiger partial charge in [-0.3, -0.25) is 9.59 Å². The Kier molecular flexibility index (Phi) is 14.5. The van der Waals surface area contributed by atoms with E-state index in [1.165, 1.54) is 65.4 Å². The number of ether oxygens (including phenoxy) is 4. The lowest BCUT2D eigenvalue weighted by atomic mass is 9.83. The van der Waals surface area contributed by atoms with Gasteiger partial charge in [-0.1, -0.05) is 72.6 Å². The zero-order chi connectivity index (χ0) is 32.4. The Balaban J connectivity index is 1.98. The number of benzene rings is 1. The van der Waals surface area contributed by atoms with E-state index in [-0.39, 0.29) is 18.8 Å². The summed E-state index contributed by atoms with van der Waals surface area (Å²) in [6.07, 6.45) is 13.4. The Morgan fingerprint density at radius 1 is 0.884 bits per heavy atom. The first-order valence-electron chi connectivity index (χ1n) is 16.8. The van der Waals surface area contributed by atoms with Crippen LogP contribution in [0.5, 0.6) is 11.5 Å². The molecule has 4 atom stereocenters. The van der Waals surface area contributed by atoms with Crippen LogP contribution in [0.15, 0.2) is 0 Å². The zero-order valence-corrected chi connectivity index (χ0v) is 29.4. The lowest BCUT2D eigenvalue weighted by Crippen LogP contribution is -2.41. The summed E-state index contributed by atoms with van der Waals surface area (Å²) < 4.78 is 23.2. The van der Waals surface area contributed by atoms with Gasteiger partial charge in [0.05, 0.1) is 6.61 Å². The Bertz CT molecular complexity index is 1060. The van der Waals surface area contributed by atoms with Crippen LogP contribution in [-0.4, -0.2) is 37.9 Å². The van der Waals surface area contributed by atoms with E-state index < -0.39 is 17.4 Å². The van der Waals surface area contributed by atoms with Gasteiger partial charge in [0, 0.05) is 19.6 Å². The molecule has 0 radical (unpaired) electrons. The first kappa shape index (κ1) is 37.1. The molecule has 0 amide bonds. The van der Waals surface area contributed by atoms with E-state index in [1.54, 1.807) is 6.92 Å². The van der Waals surface area contributed by atoms with Gasteiger partial charge < -0.3 is 18.9 Å². The second-order valence-electron chi connectivity index (χ2n) is 14.6. The van der Waals surface area contributed by atoms with Crippen LogP contribution >= 0.6 is 0 Å². The molecule has 1 aliphatic heterocycles. The number of carbonyl (C=O) groups excluding carboxylic acids is 2. The van der Waals surface area contributed by atoms with E-state index in [2.05, 4.69) is 41.5 Å². The molecule has 0 saturated heterocycles. The fraction of sp³-hybridized carbons (Fsp3) is 0.784. The van der Waals surface area contributed by atoms with Crippen molar-refractivity contribution in [3.8, 4) is 11.5 Å². The van der Waals surface area contributed by atoms with Crippen molar-refractivity contribution in [2.75, 3.05) is 20.3 Å². The van der Waals surface area contributed by atoms with Crippen molar-refractivity contribution in [3.63, 3.8) is 0 Å². The van der Waals surface area contributed by atoms with Gasteiger partial charge in [-0.05, 0) is 94.7 Å². The second kappa shape index (κ2) is 16.8. The topological polar surface area (TPSA) is 71.1 Å². The van der Waals surface area contributed by atoms with Gasteiger partial charge in [0.15, 0.2) is 0 Å². The van der Waals surface area contributed by atoms with E-state index >= 15 is 0 Å². The fourth-order valence-corrected chi connectivity index (χ4v) is 6.37. The molecule has 246 valence electrons. The van der Waals surface area contributed by atoms with E-state index in [0.29, 0.717) is 5.75 Å². The maximum absolute atomic E-state index is 13.3. The highest BCUT2D eigenvalue weighted by Gasteiger charge is 2.39. The molecule has 1 aromatic carbocycles. The number of methoxy groups -OCH3 is 1. The molecule has 1 unspecified atom stereocenters. The molecule has 0 saturated carbocycles. The highest BCUT2D eigenvalue weighted by Crippen LogP contribution is 2.45. The van der Waals surface area contributed by atoms with Gasteiger partial charge in [-0.2, -0.15) is 0 Å². The molecular formula is C37H62O6. The molecule has 6 nitrogen and oxygen atoms in total. The van der Waals surface area contributed by atoms with Crippen LogP contribution in [0.4, 0.5) is 0 Å². The average molecular weight is 603 g/mol. The molecule has 1 aliphatic rings. The third kappa shape index (κ3) is 11.1. The predicted octanol–water partition coefficient (Wildman–Crippen LogP) is 9.26. The van der Waals surface area contributed by atoms with Crippen LogP contribution in [0.2, 0.25) is 0 Å². The SMILES string of the molecule is COCC(C)(COC(C)=O)C(=O)Oc1c(C)c(C)c2c(c1C)CC[C@@](C)(CCC[C@H](C)CCC[C@H](C)CCCC(C)C)O2. The van der Waals surface area contributed by atoms with Gasteiger partial charge in [-0.25, -0.2) is 0 Å². The summed E-state index contributed by atoms with van der Waals surface area (Å²) in [5, 5.41) is 0. The van der Waals surface area contributed by atoms with Crippen molar-refractivity contribution in [2.24, 2.45) is 23.2 Å². The summed E-state index contributed by atoms with van der Waals surface area (Å²) in [7, 11) is 1.52. The molecule has 0 aliphatic carbocycles. The second-order valence-corrected chi connectivity index (χ2v) is 14.6. The lowest BCUT2D eigenvalue weighted by molar-refractivity contribution is -0.158. The van der Waals surface area contributed by atoms with Crippen molar-refractivity contribution in [1.82, 2.24) is 0 Å². The molecule has 1 heterocycles. The van der Waals surface area contributed by atoms with Crippen molar-refractivity contribution >= 4 is 11.9 Å². The molecule has 6 heteroatoms. The Labute approximate surface area is 263 Å². The van der Waals surface area contributed by atoms with E-state index in [0.717, 1.165) is 65.0 Å². The highest BCUT2D eigenvalue weighted by atomic mass is 16.6. The molecule has 0 fully saturated rings. The van der Waals surface area contributed by atoms with Gasteiger partial charge in [-0.15, -0.1) is 0 Å². The smallest absolute Gasteiger partial charge is 0.323 e. The van der Waals surface area contributed by atoms with Gasteiger partial charge >= 0.3 is 11.9 Å². The minimum Gasteiger partial charge on any atom is -0.487 e. The summed E-state index contributed by atoms with van der Waals surface area (Å²) in [6.45, 7) is 20.8. The Hall–Kier alpha value is -2.08. The fourth-order valence-electron chi connectivity index (χ4n) is 6.37. The molecule has 2 rings (SSSR count). The maximum Gasteiger partial charge on any atom is 0.323 e. The monoisotopic (exact) mass is 602 g/mol. The van der Waals surface area contributed by atoms with Crippen LogP contribution in [0, 0.1) is 43.9 Å². The third-order valence-corrected chi connectivity index (χ3v) is 9.58. The predicted molar refractivity (Wildman–Crippen MR) is 175 cm³/mol. The molecule has 0 aromatic heterocycles. The molecule has 1 aromatic rings. The van der Waals surface area contributed by atoms with Crippen LogP contribution in [0.3, 0.4) is 0 Å². The molecule has 0 bridgehead atoms. The number of fused-ring (bicyclic) bond motifs is 1. The highest BCUT2D eigenvalue weighted by molar-refractivity contribution is 5.81. The molecule has 0 spiro atoms. The Morgan fingerprint density at radius 3 is 2.02 bits per heavy atom. The van der Waals surface area contributed by atoms with E-state index in [1.807, 2.05) is 13.8 Å². The van der Waals surface area contributed by atoms with Crippen molar-refractivity contribution in [2.45, 2.75) is 145 Å². The van der Waals surface area contributed by atoms with Gasteiger partial charge in [0.25, 0.3) is 0 Å². The minimum atomic E-state index is -1.11. The standard InChI is InChI=1S/C37H62O6/c1-25(2)15-12-16-26(3)17-13-18-27(4)19-14-21-37(10)22-20-32-30(7)33(28(5)29(6)34(32)43-37)42-35(39)36(9,23-40-11)24-41-31(8)38/h25-27H,12-24H2,1-11H3/t26-,27-,36?,37-/m1/s1. The number of rotatable bonds is 18. The Morgan fingerprint density at radius 2 is 1.47 bits per heavy atom. The average Bonchev–Trinajstić information content (AvgIpc) is 2.92. The number of esters is 2. The number of hydrogen-bond acceptors (Lipinski definition) is 6. The maximum atomic E-state index is 13.3. The third-order valence-electron chi connectivity index (χ3n) is 9.58. The number of hydrogen-bond donors (Lipinski definition) is 0. The summed E-state index contributed by atoms with van der Waals surface area (Å²) >= 11 is 0. The summed E-state index contributed by atoms with van der Waals surface area (Å²) in [5.41, 5.74) is 2.66. The lowest BCUT2D eigenvalue weighted by Gasteiger charge is -2.38. The van der Waals surface area contributed by atoms with Crippen molar-refractivity contribution in [3.05, 3.63) is 22.3 Å². The zero-order valence-electron chi connectivity index (χ0n) is 29.4. The van der Waals surface area contributed by atoms with Crippen molar-refractivity contribution in [1.29, 1.82) is 0 Å². The van der Waals surface area contributed by atoms with Crippen LogP contribution in [-0.2, 0) is 25.5 Å². The molecular weight excluding hydrogens is 540 g/mol. The first-order chi connectivity index (χ1) is 20.1. The van der Waals surface area contributed by atoms with E-state index in [9.17, 15) is 9.59 Å². The van der Waals surface area contributed by atoms with Crippen LogP contribution in [0.1, 0.15) is 135 Å².